The molecule has 1 saturated heterocycles. The van der Waals surface area contributed by atoms with Crippen LogP contribution in [0.5, 0.6) is 0 Å². The summed E-state index contributed by atoms with van der Waals surface area (Å²) in [4.78, 5) is 25.8. The van der Waals surface area contributed by atoms with Gasteiger partial charge in [-0.15, -0.1) is 0 Å². The molecule has 2 amide bonds. The van der Waals surface area contributed by atoms with E-state index in [4.69, 9.17) is 4.52 Å². The maximum Gasteiger partial charge on any atom is 0.277 e. The SMILES string of the molecule is Cc1noc(C)c1C(=O)N1CCCN1C(=O)CC1Cc2ccccc2C1. The van der Waals surface area contributed by atoms with Crippen LogP contribution in [0.15, 0.2) is 28.8 Å². The van der Waals surface area contributed by atoms with Gasteiger partial charge in [-0.25, -0.2) is 5.01 Å². The van der Waals surface area contributed by atoms with Crippen LogP contribution in [0.1, 0.15) is 45.8 Å². The predicted octanol–water partition coefficient (Wildman–Crippen LogP) is 2.69. The van der Waals surface area contributed by atoms with Gasteiger partial charge in [0, 0.05) is 19.5 Å². The molecule has 2 aromatic rings. The fraction of sp³-hybridized carbons (Fsp3) is 0.450. The van der Waals surface area contributed by atoms with Gasteiger partial charge in [-0.05, 0) is 50.2 Å². The Kier molecular flexibility index (Phi) is 4.26. The van der Waals surface area contributed by atoms with Crippen LogP contribution in [-0.4, -0.2) is 40.1 Å². The molecule has 2 heterocycles. The molecule has 2 aliphatic rings. The summed E-state index contributed by atoms with van der Waals surface area (Å²) in [6.07, 6.45) is 3.15. The Hall–Kier alpha value is -2.63. The van der Waals surface area contributed by atoms with Crippen molar-refractivity contribution in [2.45, 2.75) is 39.5 Å². The maximum atomic E-state index is 12.9. The van der Waals surface area contributed by atoms with Crippen molar-refractivity contribution in [3.63, 3.8) is 0 Å². The van der Waals surface area contributed by atoms with Crippen molar-refractivity contribution in [1.82, 2.24) is 15.2 Å². The minimum atomic E-state index is -0.193. The van der Waals surface area contributed by atoms with Crippen molar-refractivity contribution >= 4 is 11.8 Å². The summed E-state index contributed by atoms with van der Waals surface area (Å²) in [6.45, 7) is 4.63. The Morgan fingerprint density at radius 3 is 2.38 bits per heavy atom. The Morgan fingerprint density at radius 1 is 1.12 bits per heavy atom. The topological polar surface area (TPSA) is 66.7 Å². The van der Waals surface area contributed by atoms with Crippen molar-refractivity contribution in [3.05, 3.63) is 52.4 Å². The number of aromatic nitrogens is 1. The predicted molar refractivity (Wildman–Crippen MR) is 95.3 cm³/mol. The summed E-state index contributed by atoms with van der Waals surface area (Å²) in [5.74, 6) is 0.650. The van der Waals surface area contributed by atoms with E-state index in [2.05, 4.69) is 17.3 Å². The molecular formula is C20H23N3O3. The number of nitrogens with zero attached hydrogens (tertiary/aromatic N) is 3. The third kappa shape index (κ3) is 2.89. The first-order valence-corrected chi connectivity index (χ1v) is 9.16. The molecule has 26 heavy (non-hydrogen) atoms. The van der Waals surface area contributed by atoms with Crippen molar-refractivity contribution in [2.75, 3.05) is 13.1 Å². The van der Waals surface area contributed by atoms with Gasteiger partial charge in [-0.3, -0.25) is 14.6 Å². The highest BCUT2D eigenvalue weighted by Gasteiger charge is 2.35. The number of aryl methyl sites for hydroxylation is 2. The van der Waals surface area contributed by atoms with E-state index in [-0.39, 0.29) is 11.8 Å². The van der Waals surface area contributed by atoms with Gasteiger partial charge in [-0.1, -0.05) is 29.4 Å². The number of fused-ring (bicyclic) bond motifs is 1. The molecule has 0 saturated carbocycles. The molecule has 1 aliphatic heterocycles. The normalized spacial score (nSPS) is 17.0. The zero-order chi connectivity index (χ0) is 18.3. The van der Waals surface area contributed by atoms with Crippen molar-refractivity contribution in [3.8, 4) is 0 Å². The van der Waals surface area contributed by atoms with Gasteiger partial charge < -0.3 is 4.52 Å². The molecule has 1 aromatic heterocycles. The van der Waals surface area contributed by atoms with Gasteiger partial charge >= 0.3 is 0 Å². The first-order chi connectivity index (χ1) is 12.5. The Balaban J connectivity index is 1.45. The first-order valence-electron chi connectivity index (χ1n) is 9.16. The molecule has 0 bridgehead atoms. The summed E-state index contributed by atoms with van der Waals surface area (Å²) in [7, 11) is 0. The van der Waals surface area contributed by atoms with Gasteiger partial charge in [0.25, 0.3) is 5.91 Å². The number of amides is 2. The standard InChI is InChI=1S/C20H23N3O3/c1-13-19(14(2)26-21-13)20(25)23-9-5-8-22(23)18(24)12-15-10-16-6-3-4-7-17(16)11-15/h3-4,6-7,15H,5,8-12H2,1-2H3. The van der Waals surface area contributed by atoms with Gasteiger partial charge in [0.2, 0.25) is 5.91 Å². The molecule has 136 valence electrons. The molecule has 1 aromatic carbocycles. The van der Waals surface area contributed by atoms with Gasteiger partial charge in [0.1, 0.15) is 11.3 Å². The van der Waals surface area contributed by atoms with E-state index in [9.17, 15) is 9.59 Å². The fourth-order valence-electron chi connectivity index (χ4n) is 4.15. The number of hydrogen-bond acceptors (Lipinski definition) is 4. The van der Waals surface area contributed by atoms with E-state index >= 15 is 0 Å². The van der Waals surface area contributed by atoms with Gasteiger partial charge in [0.05, 0.1) is 5.69 Å². The van der Waals surface area contributed by atoms with E-state index in [0.29, 0.717) is 42.4 Å². The lowest BCUT2D eigenvalue weighted by Gasteiger charge is -2.28. The van der Waals surface area contributed by atoms with E-state index < -0.39 is 0 Å². The first kappa shape index (κ1) is 16.8. The zero-order valence-corrected chi connectivity index (χ0v) is 15.2. The molecular weight excluding hydrogens is 330 g/mol. The number of rotatable bonds is 3. The van der Waals surface area contributed by atoms with Gasteiger partial charge in [0.15, 0.2) is 0 Å². The van der Waals surface area contributed by atoms with Crippen molar-refractivity contribution < 1.29 is 14.1 Å². The lowest BCUT2D eigenvalue weighted by Crippen LogP contribution is -2.45. The summed E-state index contributed by atoms with van der Waals surface area (Å²) in [5.41, 5.74) is 3.72. The average Bonchev–Trinajstić information content (AvgIpc) is 3.32. The highest BCUT2D eigenvalue weighted by molar-refractivity contribution is 5.97. The van der Waals surface area contributed by atoms with Crippen molar-refractivity contribution in [2.24, 2.45) is 5.92 Å². The molecule has 0 N–H and O–H groups in total. The van der Waals surface area contributed by atoms with Crippen LogP contribution < -0.4 is 0 Å². The van der Waals surface area contributed by atoms with Crippen molar-refractivity contribution in [1.29, 1.82) is 0 Å². The van der Waals surface area contributed by atoms with Crippen LogP contribution in [0.25, 0.3) is 0 Å². The van der Waals surface area contributed by atoms with Crippen LogP contribution in [0, 0.1) is 19.8 Å². The van der Waals surface area contributed by atoms with Crippen LogP contribution >= 0.6 is 0 Å². The third-order valence-electron chi connectivity index (χ3n) is 5.40. The number of carbonyl (C=O) groups is 2. The third-order valence-corrected chi connectivity index (χ3v) is 5.40. The molecule has 0 unspecified atom stereocenters. The van der Waals surface area contributed by atoms with E-state index in [0.717, 1.165) is 19.3 Å². The highest BCUT2D eigenvalue weighted by atomic mass is 16.5. The highest BCUT2D eigenvalue weighted by Crippen LogP contribution is 2.30. The van der Waals surface area contributed by atoms with E-state index in [1.807, 2.05) is 12.1 Å². The summed E-state index contributed by atoms with van der Waals surface area (Å²) >= 11 is 0. The minimum Gasteiger partial charge on any atom is -0.361 e. The van der Waals surface area contributed by atoms with Crippen LogP contribution in [-0.2, 0) is 17.6 Å². The molecule has 0 atom stereocenters. The largest absolute Gasteiger partial charge is 0.361 e. The lowest BCUT2D eigenvalue weighted by atomic mass is 10.0. The molecule has 6 nitrogen and oxygen atoms in total. The Morgan fingerprint density at radius 2 is 1.77 bits per heavy atom. The lowest BCUT2D eigenvalue weighted by molar-refractivity contribution is -0.141. The maximum absolute atomic E-state index is 12.9. The quantitative estimate of drug-likeness (QED) is 0.851. The number of benzene rings is 1. The van der Waals surface area contributed by atoms with Crippen LogP contribution in [0.3, 0.4) is 0 Å². The molecule has 1 fully saturated rings. The molecule has 0 spiro atoms. The zero-order valence-electron chi connectivity index (χ0n) is 15.2. The monoisotopic (exact) mass is 353 g/mol. The van der Waals surface area contributed by atoms with Crippen LogP contribution in [0.4, 0.5) is 0 Å². The summed E-state index contributed by atoms with van der Waals surface area (Å²) < 4.78 is 5.11. The summed E-state index contributed by atoms with van der Waals surface area (Å²) in [5, 5.41) is 7.05. The molecule has 1 aliphatic carbocycles. The minimum absolute atomic E-state index is 0.0282. The number of hydrazine groups is 1. The molecule has 0 radical (unpaired) electrons. The smallest absolute Gasteiger partial charge is 0.277 e. The average molecular weight is 353 g/mol. The van der Waals surface area contributed by atoms with Gasteiger partial charge in [-0.2, -0.15) is 0 Å². The second-order valence-electron chi connectivity index (χ2n) is 7.25. The Bertz CT molecular complexity index is 813. The van der Waals surface area contributed by atoms with E-state index in [1.54, 1.807) is 23.9 Å². The molecule has 4 rings (SSSR count). The fourth-order valence-corrected chi connectivity index (χ4v) is 4.15. The second kappa shape index (κ2) is 6.59. The van der Waals surface area contributed by atoms with E-state index in [1.165, 1.54) is 11.1 Å². The second-order valence-corrected chi connectivity index (χ2v) is 7.25. The molecule has 6 heteroatoms. The number of carbonyl (C=O) groups excluding carboxylic acids is 2. The Labute approximate surface area is 152 Å². The number of hydrogen-bond donors (Lipinski definition) is 0. The van der Waals surface area contributed by atoms with Crippen LogP contribution in [0.2, 0.25) is 0 Å². The summed E-state index contributed by atoms with van der Waals surface area (Å²) in [6, 6.07) is 8.38.